The normalized spacial score (nSPS) is 18.9. The third kappa shape index (κ3) is 2.97. The van der Waals surface area contributed by atoms with E-state index in [0.29, 0.717) is 26.4 Å². The number of rotatable bonds is 3. The van der Waals surface area contributed by atoms with Crippen molar-refractivity contribution in [1.29, 1.82) is 0 Å². The van der Waals surface area contributed by atoms with Crippen LogP contribution in [0.2, 0.25) is 0 Å². The van der Waals surface area contributed by atoms with E-state index in [4.69, 9.17) is 9.47 Å². The summed E-state index contributed by atoms with van der Waals surface area (Å²) in [6.45, 7) is 6.09. The van der Waals surface area contributed by atoms with E-state index >= 15 is 0 Å². The fourth-order valence-electron chi connectivity index (χ4n) is 3.17. The highest BCUT2D eigenvalue weighted by molar-refractivity contribution is 5.56. The summed E-state index contributed by atoms with van der Waals surface area (Å²) < 4.78 is 26.4. The van der Waals surface area contributed by atoms with Gasteiger partial charge >= 0.3 is 0 Å². The van der Waals surface area contributed by atoms with E-state index in [1.54, 1.807) is 12.1 Å². The number of ether oxygens (including phenoxy) is 2. The molecule has 0 aliphatic carbocycles. The fraction of sp³-hybridized carbons (Fsp3) is 0.471. The Hall–Kier alpha value is -2.12. The first-order valence-corrected chi connectivity index (χ1v) is 8.32. The molecule has 4 rings (SSSR count). The highest BCUT2D eigenvalue weighted by Gasteiger charge is 2.23. The second-order valence-corrected chi connectivity index (χ2v) is 5.93. The molecule has 0 N–H and O–H groups in total. The van der Waals surface area contributed by atoms with Gasteiger partial charge in [0, 0.05) is 26.2 Å². The summed E-state index contributed by atoms with van der Waals surface area (Å²) in [5, 5.41) is 0. The Kier molecular flexibility index (Phi) is 4.36. The van der Waals surface area contributed by atoms with Crippen molar-refractivity contribution in [2.75, 3.05) is 62.4 Å². The minimum Gasteiger partial charge on any atom is -0.378 e. The number of morpholine rings is 2. The van der Waals surface area contributed by atoms with Crippen LogP contribution in [0.4, 0.5) is 16.2 Å². The Balaban J connectivity index is 1.75. The first-order valence-electron chi connectivity index (χ1n) is 8.32. The molecule has 24 heavy (non-hydrogen) atoms. The molecular weight excluding hydrogens is 311 g/mol. The molecule has 7 heteroatoms. The molecule has 0 atom stereocenters. The predicted molar refractivity (Wildman–Crippen MR) is 89.6 cm³/mol. The molecule has 0 spiro atoms. The third-order valence-electron chi connectivity index (χ3n) is 4.44. The van der Waals surface area contributed by atoms with E-state index < -0.39 is 0 Å². The maximum Gasteiger partial charge on any atom is 0.212 e. The first-order chi connectivity index (χ1) is 11.8. The Morgan fingerprint density at radius 1 is 0.833 bits per heavy atom. The highest BCUT2D eigenvalue weighted by Crippen LogP contribution is 2.29. The Labute approximate surface area is 140 Å². The Morgan fingerprint density at radius 3 is 2.04 bits per heavy atom. The molecule has 0 bridgehead atoms. The molecule has 2 aliphatic rings. The lowest BCUT2D eigenvalue weighted by molar-refractivity contribution is 0.121. The van der Waals surface area contributed by atoms with Crippen LogP contribution in [0.15, 0.2) is 30.5 Å². The maximum atomic E-state index is 13.4. The van der Waals surface area contributed by atoms with Crippen molar-refractivity contribution in [3.05, 3.63) is 36.3 Å². The molecule has 2 fully saturated rings. The number of benzene rings is 1. The minimum atomic E-state index is -0.236. The van der Waals surface area contributed by atoms with Gasteiger partial charge in [-0.2, -0.15) is 0 Å². The van der Waals surface area contributed by atoms with Gasteiger partial charge in [0.25, 0.3) is 0 Å². The molecular formula is C17H21FN4O2. The average molecular weight is 332 g/mol. The molecule has 0 saturated carbocycles. The molecule has 2 aliphatic heterocycles. The van der Waals surface area contributed by atoms with E-state index in [0.717, 1.165) is 43.6 Å². The molecule has 128 valence electrons. The fourth-order valence-corrected chi connectivity index (χ4v) is 3.17. The van der Waals surface area contributed by atoms with E-state index in [1.165, 1.54) is 12.1 Å². The molecule has 2 saturated heterocycles. The van der Waals surface area contributed by atoms with E-state index in [2.05, 4.69) is 19.4 Å². The summed E-state index contributed by atoms with van der Waals surface area (Å²) in [6.07, 6.45) is 1.90. The average Bonchev–Trinajstić information content (AvgIpc) is 3.09. The van der Waals surface area contributed by atoms with Crippen molar-refractivity contribution in [3.63, 3.8) is 0 Å². The molecule has 3 heterocycles. The topological polar surface area (TPSA) is 42.8 Å². The number of imidazole rings is 1. The Bertz CT molecular complexity index is 641. The number of halogens is 1. The molecule has 1 aromatic carbocycles. The summed E-state index contributed by atoms with van der Waals surface area (Å²) in [5.74, 6) is 1.66. The van der Waals surface area contributed by atoms with Crippen LogP contribution in [-0.2, 0) is 9.47 Å². The second kappa shape index (κ2) is 6.78. The van der Waals surface area contributed by atoms with E-state index in [9.17, 15) is 4.39 Å². The van der Waals surface area contributed by atoms with Gasteiger partial charge in [0.2, 0.25) is 5.95 Å². The van der Waals surface area contributed by atoms with Gasteiger partial charge in [-0.25, -0.2) is 9.37 Å². The quantitative estimate of drug-likeness (QED) is 0.856. The number of nitrogens with zero attached hydrogens (tertiary/aromatic N) is 4. The van der Waals surface area contributed by atoms with E-state index in [-0.39, 0.29) is 5.82 Å². The van der Waals surface area contributed by atoms with Crippen molar-refractivity contribution in [2.45, 2.75) is 0 Å². The van der Waals surface area contributed by atoms with Gasteiger partial charge in [-0.3, -0.25) is 4.57 Å². The standard InChI is InChI=1S/C17H21FN4O2/c18-14-1-3-15(4-2-14)22-16(20-5-9-23-10-6-20)13-19-17(22)21-7-11-24-12-8-21/h1-4,13H,5-12H2. The third-order valence-corrected chi connectivity index (χ3v) is 4.44. The molecule has 1 aromatic heterocycles. The molecule has 0 unspecified atom stereocenters. The lowest BCUT2D eigenvalue weighted by atomic mass is 10.3. The van der Waals surface area contributed by atoms with Gasteiger partial charge < -0.3 is 19.3 Å². The lowest BCUT2D eigenvalue weighted by Crippen LogP contribution is -2.39. The Morgan fingerprint density at radius 2 is 1.42 bits per heavy atom. The maximum absolute atomic E-state index is 13.4. The summed E-state index contributed by atoms with van der Waals surface area (Å²) >= 11 is 0. The SMILES string of the molecule is Fc1ccc(-n2c(N3CCOCC3)cnc2N2CCOCC2)cc1. The van der Waals surface area contributed by atoms with Gasteiger partial charge in [0.1, 0.15) is 11.6 Å². The molecule has 0 amide bonds. The number of aromatic nitrogens is 2. The van der Waals surface area contributed by atoms with Crippen LogP contribution in [0.25, 0.3) is 5.69 Å². The van der Waals surface area contributed by atoms with Crippen molar-refractivity contribution >= 4 is 11.8 Å². The van der Waals surface area contributed by atoms with Crippen molar-refractivity contribution in [1.82, 2.24) is 9.55 Å². The van der Waals surface area contributed by atoms with Gasteiger partial charge in [-0.15, -0.1) is 0 Å². The zero-order valence-corrected chi connectivity index (χ0v) is 13.5. The van der Waals surface area contributed by atoms with Crippen LogP contribution >= 0.6 is 0 Å². The van der Waals surface area contributed by atoms with Gasteiger partial charge in [0.05, 0.1) is 38.3 Å². The minimum absolute atomic E-state index is 0.236. The van der Waals surface area contributed by atoms with Gasteiger partial charge in [-0.05, 0) is 24.3 Å². The summed E-state index contributed by atoms with van der Waals surface area (Å²) in [7, 11) is 0. The van der Waals surface area contributed by atoms with Gasteiger partial charge in [0.15, 0.2) is 0 Å². The van der Waals surface area contributed by atoms with Crippen LogP contribution < -0.4 is 9.80 Å². The number of hydrogen-bond donors (Lipinski definition) is 0. The van der Waals surface area contributed by atoms with Crippen molar-refractivity contribution in [3.8, 4) is 5.69 Å². The first kappa shape index (κ1) is 15.4. The van der Waals surface area contributed by atoms with Crippen LogP contribution in [-0.4, -0.2) is 62.2 Å². The zero-order valence-electron chi connectivity index (χ0n) is 13.5. The molecule has 2 aromatic rings. The van der Waals surface area contributed by atoms with Crippen LogP contribution in [0.5, 0.6) is 0 Å². The van der Waals surface area contributed by atoms with E-state index in [1.807, 2.05) is 6.20 Å². The zero-order chi connectivity index (χ0) is 16.4. The smallest absolute Gasteiger partial charge is 0.212 e. The van der Waals surface area contributed by atoms with Crippen molar-refractivity contribution < 1.29 is 13.9 Å². The predicted octanol–water partition coefficient (Wildman–Crippen LogP) is 1.68. The number of hydrogen-bond acceptors (Lipinski definition) is 5. The summed E-state index contributed by atoms with van der Waals surface area (Å²) in [6, 6.07) is 6.57. The van der Waals surface area contributed by atoms with Crippen LogP contribution in [0.3, 0.4) is 0 Å². The second-order valence-electron chi connectivity index (χ2n) is 5.93. The monoisotopic (exact) mass is 332 g/mol. The van der Waals surface area contributed by atoms with Crippen LogP contribution in [0.1, 0.15) is 0 Å². The summed E-state index contributed by atoms with van der Waals surface area (Å²) in [4.78, 5) is 9.16. The lowest BCUT2D eigenvalue weighted by Gasteiger charge is -2.32. The highest BCUT2D eigenvalue weighted by atomic mass is 19.1. The number of anilines is 2. The van der Waals surface area contributed by atoms with Gasteiger partial charge in [-0.1, -0.05) is 0 Å². The van der Waals surface area contributed by atoms with Crippen LogP contribution in [0, 0.1) is 5.82 Å². The molecule has 6 nitrogen and oxygen atoms in total. The summed E-state index contributed by atoms with van der Waals surface area (Å²) in [5.41, 5.74) is 0.914. The van der Waals surface area contributed by atoms with Crippen molar-refractivity contribution in [2.24, 2.45) is 0 Å². The molecule has 0 radical (unpaired) electrons. The largest absolute Gasteiger partial charge is 0.378 e.